The Kier molecular flexibility index (Phi) is 7.04. The van der Waals surface area contributed by atoms with Gasteiger partial charge in [0.15, 0.2) is 0 Å². The smallest absolute Gasteiger partial charge is 0.258 e. The molecule has 34 heavy (non-hydrogen) atoms. The summed E-state index contributed by atoms with van der Waals surface area (Å²) in [4.78, 5) is 16.2. The Labute approximate surface area is 206 Å². The number of rotatable bonds is 4. The summed E-state index contributed by atoms with van der Waals surface area (Å²) >= 11 is 3.46. The van der Waals surface area contributed by atoms with Crippen LogP contribution in [-0.4, -0.2) is 15.2 Å². The molecular weight excluding hydrogens is 486 g/mol. The van der Waals surface area contributed by atoms with Gasteiger partial charge >= 0.3 is 0 Å². The highest BCUT2D eigenvalue weighted by Crippen LogP contribution is 2.35. The number of fused-ring (bicyclic) bond motifs is 1. The van der Waals surface area contributed by atoms with Crippen molar-refractivity contribution < 1.29 is 0 Å². The van der Waals surface area contributed by atoms with Crippen LogP contribution in [0.4, 0.5) is 0 Å². The molecule has 0 saturated heterocycles. The van der Waals surface area contributed by atoms with E-state index in [0.29, 0.717) is 11.3 Å². The molecule has 168 valence electrons. The first-order valence-corrected chi connectivity index (χ1v) is 11.6. The Morgan fingerprint density at radius 1 is 0.853 bits per heavy atom. The van der Waals surface area contributed by atoms with E-state index in [2.05, 4.69) is 57.3 Å². The van der Waals surface area contributed by atoms with Gasteiger partial charge in [-0.3, -0.25) is 9.89 Å². The minimum absolute atomic E-state index is 0.142. The standard InChI is InChI=1S/C25H18BrN3O.C4H6/c1-15-7-12-20-19(13-15)23(17-5-3-2-4-6-17)24(25(30)27-20)22-14-21(28-29-22)16-8-10-18(26)11-9-16;1-3-4-2/h2-14H,1H3,(H,27,30)(H,28,29);3-4H,1-2H2. The van der Waals surface area contributed by atoms with Crippen LogP contribution in [0.15, 0.2) is 113 Å². The van der Waals surface area contributed by atoms with Gasteiger partial charge in [-0.05, 0) is 42.8 Å². The number of allylic oxidation sites excluding steroid dienone is 2. The van der Waals surface area contributed by atoms with Gasteiger partial charge in [0.2, 0.25) is 0 Å². The molecule has 5 rings (SSSR count). The lowest BCUT2D eigenvalue weighted by molar-refractivity contribution is 1.09. The van der Waals surface area contributed by atoms with Crippen LogP contribution in [0.1, 0.15) is 5.56 Å². The van der Waals surface area contributed by atoms with Gasteiger partial charge in [0.1, 0.15) is 0 Å². The first kappa shape index (κ1) is 23.2. The number of halogens is 1. The summed E-state index contributed by atoms with van der Waals surface area (Å²) in [5.41, 5.74) is 6.77. The quantitative estimate of drug-likeness (QED) is 0.244. The van der Waals surface area contributed by atoms with Crippen LogP contribution >= 0.6 is 15.9 Å². The van der Waals surface area contributed by atoms with Crippen molar-refractivity contribution in [2.45, 2.75) is 6.92 Å². The van der Waals surface area contributed by atoms with Gasteiger partial charge in [0.25, 0.3) is 5.56 Å². The van der Waals surface area contributed by atoms with Gasteiger partial charge in [-0.2, -0.15) is 5.10 Å². The average Bonchev–Trinajstić information content (AvgIpc) is 3.34. The van der Waals surface area contributed by atoms with Crippen molar-refractivity contribution in [3.8, 4) is 33.6 Å². The average molecular weight is 510 g/mol. The highest BCUT2D eigenvalue weighted by molar-refractivity contribution is 9.10. The Morgan fingerprint density at radius 2 is 1.56 bits per heavy atom. The maximum Gasteiger partial charge on any atom is 0.258 e. The molecule has 0 bridgehead atoms. The minimum Gasteiger partial charge on any atom is -0.321 e. The van der Waals surface area contributed by atoms with E-state index in [9.17, 15) is 4.79 Å². The molecule has 0 atom stereocenters. The number of nitrogens with one attached hydrogen (secondary N) is 2. The predicted molar refractivity (Wildman–Crippen MR) is 146 cm³/mol. The Bertz CT molecular complexity index is 1510. The number of benzene rings is 3. The predicted octanol–water partition coefficient (Wildman–Crippen LogP) is 7.68. The largest absolute Gasteiger partial charge is 0.321 e. The fourth-order valence-corrected chi connectivity index (χ4v) is 4.05. The molecular formula is C29H24BrN3O. The number of aromatic nitrogens is 3. The highest BCUT2D eigenvalue weighted by atomic mass is 79.9. The third-order valence-corrected chi connectivity index (χ3v) is 5.91. The number of aryl methyl sites for hydroxylation is 1. The number of nitrogens with zero attached hydrogens (tertiary/aromatic N) is 1. The molecule has 0 aliphatic carbocycles. The maximum atomic E-state index is 13.2. The normalized spacial score (nSPS) is 10.4. The molecule has 0 unspecified atom stereocenters. The summed E-state index contributed by atoms with van der Waals surface area (Å²) in [6.07, 6.45) is 3.28. The van der Waals surface area contributed by atoms with Crippen LogP contribution in [0.2, 0.25) is 0 Å². The molecule has 2 heterocycles. The zero-order chi connectivity index (χ0) is 24.1. The Hall–Kier alpha value is -3.96. The van der Waals surface area contributed by atoms with Crippen molar-refractivity contribution in [3.05, 3.63) is 125 Å². The monoisotopic (exact) mass is 509 g/mol. The van der Waals surface area contributed by atoms with Crippen molar-refractivity contribution in [1.82, 2.24) is 15.2 Å². The molecule has 5 heteroatoms. The molecule has 0 radical (unpaired) electrons. The number of aromatic amines is 2. The lowest BCUT2D eigenvalue weighted by atomic mass is 9.93. The van der Waals surface area contributed by atoms with E-state index in [-0.39, 0.29) is 5.56 Å². The van der Waals surface area contributed by atoms with Crippen molar-refractivity contribution in [2.24, 2.45) is 0 Å². The van der Waals surface area contributed by atoms with Gasteiger partial charge in [-0.1, -0.05) is 95.3 Å². The van der Waals surface area contributed by atoms with E-state index in [1.807, 2.05) is 72.8 Å². The third kappa shape index (κ3) is 4.85. The molecule has 2 N–H and O–H groups in total. The molecule has 0 aliphatic rings. The minimum atomic E-state index is -0.142. The topological polar surface area (TPSA) is 61.5 Å². The van der Waals surface area contributed by atoms with Crippen LogP contribution in [0.3, 0.4) is 0 Å². The summed E-state index contributed by atoms with van der Waals surface area (Å²) in [6.45, 7) is 8.78. The van der Waals surface area contributed by atoms with E-state index < -0.39 is 0 Å². The summed E-state index contributed by atoms with van der Waals surface area (Å²) in [5, 5.41) is 8.57. The molecule has 0 spiro atoms. The molecule has 4 nitrogen and oxygen atoms in total. The van der Waals surface area contributed by atoms with Crippen LogP contribution in [0.5, 0.6) is 0 Å². The van der Waals surface area contributed by atoms with Crippen LogP contribution in [0.25, 0.3) is 44.5 Å². The summed E-state index contributed by atoms with van der Waals surface area (Å²) in [7, 11) is 0. The maximum absolute atomic E-state index is 13.2. The molecule has 3 aromatic carbocycles. The Balaban J connectivity index is 0.000000636. The number of H-pyrrole nitrogens is 2. The second-order valence-electron chi connectivity index (χ2n) is 7.76. The lowest BCUT2D eigenvalue weighted by Gasteiger charge is -2.12. The second-order valence-corrected chi connectivity index (χ2v) is 8.68. The molecule has 0 aliphatic heterocycles. The van der Waals surface area contributed by atoms with E-state index in [4.69, 9.17) is 0 Å². The fraction of sp³-hybridized carbons (Fsp3) is 0.0345. The Morgan fingerprint density at radius 3 is 2.24 bits per heavy atom. The lowest BCUT2D eigenvalue weighted by Crippen LogP contribution is -2.11. The molecule has 0 fully saturated rings. The fourth-order valence-electron chi connectivity index (χ4n) is 3.79. The second kappa shape index (κ2) is 10.3. The number of hydrogen-bond acceptors (Lipinski definition) is 2. The zero-order valence-electron chi connectivity index (χ0n) is 18.8. The van der Waals surface area contributed by atoms with Crippen LogP contribution < -0.4 is 5.56 Å². The van der Waals surface area contributed by atoms with Gasteiger partial charge in [-0.25, -0.2) is 0 Å². The molecule has 0 saturated carbocycles. The number of pyridine rings is 1. The van der Waals surface area contributed by atoms with Crippen LogP contribution in [0, 0.1) is 6.92 Å². The van der Waals surface area contributed by atoms with E-state index in [1.165, 1.54) is 0 Å². The van der Waals surface area contributed by atoms with Gasteiger partial charge < -0.3 is 4.98 Å². The van der Waals surface area contributed by atoms with E-state index in [0.717, 1.165) is 43.3 Å². The first-order valence-electron chi connectivity index (χ1n) is 10.8. The van der Waals surface area contributed by atoms with Gasteiger partial charge in [0.05, 0.1) is 17.0 Å². The van der Waals surface area contributed by atoms with Crippen LogP contribution in [-0.2, 0) is 0 Å². The molecule has 0 amide bonds. The van der Waals surface area contributed by atoms with Gasteiger partial charge in [-0.15, -0.1) is 0 Å². The van der Waals surface area contributed by atoms with E-state index in [1.54, 1.807) is 12.2 Å². The highest BCUT2D eigenvalue weighted by Gasteiger charge is 2.18. The van der Waals surface area contributed by atoms with Crippen molar-refractivity contribution in [3.63, 3.8) is 0 Å². The zero-order valence-corrected chi connectivity index (χ0v) is 20.4. The van der Waals surface area contributed by atoms with Gasteiger partial charge in [0, 0.05) is 26.5 Å². The summed E-state index contributed by atoms with van der Waals surface area (Å²) in [5.74, 6) is 0. The first-order chi connectivity index (χ1) is 16.5. The molecule has 2 aromatic heterocycles. The third-order valence-electron chi connectivity index (χ3n) is 5.39. The van der Waals surface area contributed by atoms with Crippen molar-refractivity contribution >= 4 is 26.8 Å². The summed E-state index contributed by atoms with van der Waals surface area (Å²) in [6, 6.07) is 26.0. The van der Waals surface area contributed by atoms with Crippen molar-refractivity contribution in [1.29, 1.82) is 0 Å². The molecule has 5 aromatic rings. The SMILES string of the molecule is C=CC=C.Cc1ccc2[nH]c(=O)c(-c3cc(-c4ccc(Br)cc4)n[nH]3)c(-c3ccccc3)c2c1. The van der Waals surface area contributed by atoms with Crippen molar-refractivity contribution in [2.75, 3.05) is 0 Å². The summed E-state index contributed by atoms with van der Waals surface area (Å²) < 4.78 is 1.01. The number of hydrogen-bond donors (Lipinski definition) is 2. The van der Waals surface area contributed by atoms with E-state index >= 15 is 0 Å².